The number of hydrogen-bond acceptors (Lipinski definition) is 4. The van der Waals surface area contributed by atoms with E-state index >= 15 is 0 Å². The molecule has 0 spiro atoms. The van der Waals surface area contributed by atoms with Crippen molar-refractivity contribution in [3.63, 3.8) is 0 Å². The quantitative estimate of drug-likeness (QED) is 0.886. The summed E-state index contributed by atoms with van der Waals surface area (Å²) in [6.45, 7) is 4.58. The van der Waals surface area contributed by atoms with Gasteiger partial charge in [-0.3, -0.25) is 0 Å². The van der Waals surface area contributed by atoms with Gasteiger partial charge in [-0.1, -0.05) is 37.6 Å². The molecule has 1 aliphatic carbocycles. The molecule has 0 aromatic carbocycles. The zero-order valence-corrected chi connectivity index (χ0v) is 12.6. The van der Waals surface area contributed by atoms with Crippen molar-refractivity contribution in [3.05, 3.63) is 10.6 Å². The van der Waals surface area contributed by atoms with Gasteiger partial charge in [0.25, 0.3) is 0 Å². The summed E-state index contributed by atoms with van der Waals surface area (Å²) in [6, 6.07) is 0.471. The minimum atomic E-state index is 0.471. The van der Waals surface area contributed by atoms with Crippen molar-refractivity contribution in [1.82, 2.24) is 14.9 Å². The Kier molecular flexibility index (Phi) is 5.13. The van der Waals surface area contributed by atoms with Crippen LogP contribution >= 0.6 is 11.5 Å². The molecule has 0 radical (unpaired) electrons. The minimum Gasteiger partial charge on any atom is -0.312 e. The zero-order chi connectivity index (χ0) is 13.0. The summed E-state index contributed by atoms with van der Waals surface area (Å²) >= 11 is 1.59. The molecule has 0 aliphatic heterocycles. The predicted molar refractivity (Wildman–Crippen MR) is 76.8 cm³/mol. The van der Waals surface area contributed by atoms with E-state index in [1.165, 1.54) is 36.3 Å². The lowest BCUT2D eigenvalue weighted by Crippen LogP contribution is -2.28. The molecular weight excluding hydrogens is 242 g/mol. The lowest BCUT2D eigenvalue weighted by molar-refractivity contribution is 0.239. The highest BCUT2D eigenvalue weighted by Crippen LogP contribution is 2.38. The van der Waals surface area contributed by atoms with Crippen molar-refractivity contribution in [1.29, 1.82) is 0 Å². The molecule has 2 rings (SSSR count). The molecule has 1 aromatic rings. The normalized spacial score (nSPS) is 26.2. The van der Waals surface area contributed by atoms with Gasteiger partial charge in [-0.15, -0.1) is 5.10 Å². The van der Waals surface area contributed by atoms with E-state index < -0.39 is 0 Å². The molecule has 1 aromatic heterocycles. The Labute approximate surface area is 115 Å². The van der Waals surface area contributed by atoms with Gasteiger partial charge in [0.1, 0.15) is 0 Å². The van der Waals surface area contributed by atoms with Crippen LogP contribution in [-0.4, -0.2) is 16.6 Å². The molecule has 4 heteroatoms. The molecule has 18 heavy (non-hydrogen) atoms. The average Bonchev–Trinajstić information content (AvgIpc) is 2.82. The molecule has 102 valence electrons. The van der Waals surface area contributed by atoms with Gasteiger partial charge in [0.05, 0.1) is 10.6 Å². The summed E-state index contributed by atoms with van der Waals surface area (Å²) in [5, 5.41) is 7.83. The van der Waals surface area contributed by atoms with Crippen molar-refractivity contribution in [2.45, 2.75) is 58.4 Å². The number of hydrogen-bond donors (Lipinski definition) is 1. The highest BCUT2D eigenvalue weighted by atomic mass is 32.1. The van der Waals surface area contributed by atoms with Crippen LogP contribution in [0.1, 0.15) is 62.6 Å². The van der Waals surface area contributed by atoms with Gasteiger partial charge in [0.2, 0.25) is 0 Å². The maximum atomic E-state index is 4.31. The maximum absolute atomic E-state index is 4.31. The summed E-state index contributed by atoms with van der Waals surface area (Å²) in [4.78, 5) is 1.39. The molecule has 0 saturated heterocycles. The van der Waals surface area contributed by atoms with E-state index in [2.05, 4.69) is 35.8 Å². The SMILES string of the molecule is CCCc1nnsc1C(NC)C1CCC(C)CC1. The van der Waals surface area contributed by atoms with Crippen molar-refractivity contribution in [2.24, 2.45) is 11.8 Å². The number of nitrogens with one attached hydrogen (secondary N) is 1. The Morgan fingerprint density at radius 3 is 2.67 bits per heavy atom. The van der Waals surface area contributed by atoms with Crippen LogP contribution in [0.4, 0.5) is 0 Å². The topological polar surface area (TPSA) is 37.8 Å². The Hall–Kier alpha value is -0.480. The number of aromatic nitrogens is 2. The highest BCUT2D eigenvalue weighted by Gasteiger charge is 2.29. The third kappa shape index (κ3) is 3.09. The van der Waals surface area contributed by atoms with Crippen LogP contribution < -0.4 is 5.32 Å². The Morgan fingerprint density at radius 1 is 1.33 bits per heavy atom. The molecule has 0 bridgehead atoms. The second kappa shape index (κ2) is 6.62. The number of nitrogens with zero attached hydrogens (tertiary/aromatic N) is 2. The van der Waals surface area contributed by atoms with Gasteiger partial charge in [0, 0.05) is 6.04 Å². The molecular formula is C14H25N3S. The smallest absolute Gasteiger partial charge is 0.0803 e. The van der Waals surface area contributed by atoms with Crippen LogP contribution in [0, 0.1) is 11.8 Å². The summed E-state index contributed by atoms with van der Waals surface area (Å²) in [5.41, 5.74) is 1.22. The van der Waals surface area contributed by atoms with Gasteiger partial charge >= 0.3 is 0 Å². The van der Waals surface area contributed by atoms with E-state index in [-0.39, 0.29) is 0 Å². The second-order valence-electron chi connectivity index (χ2n) is 5.62. The molecule has 1 heterocycles. The third-order valence-electron chi connectivity index (χ3n) is 4.20. The van der Waals surface area contributed by atoms with E-state index in [1.807, 2.05) is 0 Å². The fourth-order valence-corrected chi connectivity index (χ4v) is 3.96. The van der Waals surface area contributed by atoms with Crippen LogP contribution in [-0.2, 0) is 6.42 Å². The summed E-state index contributed by atoms with van der Waals surface area (Å²) in [7, 11) is 2.08. The van der Waals surface area contributed by atoms with Gasteiger partial charge in [-0.2, -0.15) is 0 Å². The van der Waals surface area contributed by atoms with Crippen molar-refractivity contribution in [3.8, 4) is 0 Å². The molecule has 1 fully saturated rings. The minimum absolute atomic E-state index is 0.471. The first-order valence-corrected chi connectivity index (χ1v) is 8.02. The monoisotopic (exact) mass is 267 g/mol. The Bertz CT molecular complexity index is 356. The number of aryl methyl sites for hydroxylation is 1. The van der Waals surface area contributed by atoms with Gasteiger partial charge in [-0.25, -0.2) is 0 Å². The summed E-state index contributed by atoms with van der Waals surface area (Å²) in [5.74, 6) is 1.68. The van der Waals surface area contributed by atoms with Crippen LogP contribution in [0.2, 0.25) is 0 Å². The average molecular weight is 267 g/mol. The molecule has 1 saturated carbocycles. The van der Waals surface area contributed by atoms with E-state index in [0.717, 1.165) is 24.7 Å². The lowest BCUT2D eigenvalue weighted by Gasteiger charge is -2.32. The van der Waals surface area contributed by atoms with Gasteiger partial charge < -0.3 is 5.32 Å². The van der Waals surface area contributed by atoms with E-state index in [4.69, 9.17) is 0 Å². The van der Waals surface area contributed by atoms with E-state index in [9.17, 15) is 0 Å². The van der Waals surface area contributed by atoms with Crippen LogP contribution in [0.3, 0.4) is 0 Å². The summed E-state index contributed by atoms with van der Waals surface area (Å²) in [6.07, 6.45) is 7.65. The first-order valence-electron chi connectivity index (χ1n) is 7.24. The predicted octanol–water partition coefficient (Wildman–Crippen LogP) is 3.58. The molecule has 1 N–H and O–H groups in total. The van der Waals surface area contributed by atoms with Crippen LogP contribution in [0.15, 0.2) is 0 Å². The Balaban J connectivity index is 2.09. The van der Waals surface area contributed by atoms with E-state index in [0.29, 0.717) is 6.04 Å². The van der Waals surface area contributed by atoms with E-state index in [1.54, 1.807) is 11.5 Å². The number of rotatable bonds is 5. The second-order valence-corrected chi connectivity index (χ2v) is 6.41. The fraction of sp³-hybridized carbons (Fsp3) is 0.857. The molecule has 1 unspecified atom stereocenters. The Morgan fingerprint density at radius 2 is 2.06 bits per heavy atom. The fourth-order valence-electron chi connectivity index (χ4n) is 3.06. The first kappa shape index (κ1) is 13.9. The molecule has 1 atom stereocenters. The van der Waals surface area contributed by atoms with Crippen molar-refractivity contribution in [2.75, 3.05) is 7.05 Å². The third-order valence-corrected chi connectivity index (χ3v) is 5.05. The molecule has 0 amide bonds. The zero-order valence-electron chi connectivity index (χ0n) is 11.8. The van der Waals surface area contributed by atoms with Crippen LogP contribution in [0.25, 0.3) is 0 Å². The molecule has 1 aliphatic rings. The maximum Gasteiger partial charge on any atom is 0.0803 e. The summed E-state index contributed by atoms with van der Waals surface area (Å²) < 4.78 is 4.17. The van der Waals surface area contributed by atoms with Gasteiger partial charge in [-0.05, 0) is 49.7 Å². The largest absolute Gasteiger partial charge is 0.312 e. The van der Waals surface area contributed by atoms with Crippen molar-refractivity contribution < 1.29 is 0 Å². The molecule has 3 nitrogen and oxygen atoms in total. The highest BCUT2D eigenvalue weighted by molar-refractivity contribution is 7.05. The van der Waals surface area contributed by atoms with Crippen LogP contribution in [0.5, 0.6) is 0 Å². The van der Waals surface area contributed by atoms with Gasteiger partial charge in [0.15, 0.2) is 0 Å². The lowest BCUT2D eigenvalue weighted by atomic mass is 9.78. The standard InChI is InChI=1S/C14H25N3S/c1-4-5-12-14(18-17-16-12)13(15-3)11-8-6-10(2)7-9-11/h10-11,13,15H,4-9H2,1-3H3. The van der Waals surface area contributed by atoms with Crippen molar-refractivity contribution >= 4 is 11.5 Å². The first-order chi connectivity index (χ1) is 8.76.